The second-order valence-corrected chi connectivity index (χ2v) is 5.64. The van der Waals surface area contributed by atoms with Gasteiger partial charge in [-0.3, -0.25) is 4.79 Å². The van der Waals surface area contributed by atoms with Gasteiger partial charge in [0, 0.05) is 11.0 Å². The van der Waals surface area contributed by atoms with Crippen LogP contribution in [0.3, 0.4) is 0 Å². The minimum Gasteiger partial charge on any atom is -0.404 e. The van der Waals surface area contributed by atoms with Crippen LogP contribution in [0.4, 0.5) is 18.9 Å². The number of ether oxygens (including phenoxy) is 1. The molecular weight excluding hydrogens is 353 g/mol. The molecule has 0 aliphatic carbocycles. The van der Waals surface area contributed by atoms with Crippen LogP contribution in [0.25, 0.3) is 0 Å². The lowest BCUT2D eigenvalue weighted by atomic mass is 9.99. The number of piperidine rings is 1. The normalized spacial score (nSPS) is 19.1. The number of rotatable bonds is 3. The number of hydrogen-bond acceptors (Lipinski definition) is 3. The summed E-state index contributed by atoms with van der Waals surface area (Å²) in [5.41, 5.74) is 0.00565. The highest BCUT2D eigenvalue weighted by Gasteiger charge is 2.32. The van der Waals surface area contributed by atoms with E-state index in [4.69, 9.17) is 0 Å². The Morgan fingerprint density at radius 2 is 2.19 bits per heavy atom. The molecule has 0 bridgehead atoms. The average Bonchev–Trinajstić information content (AvgIpc) is 2.41. The summed E-state index contributed by atoms with van der Waals surface area (Å²) in [7, 11) is 0. The van der Waals surface area contributed by atoms with Crippen LogP contribution in [0.2, 0.25) is 0 Å². The molecule has 1 saturated heterocycles. The van der Waals surface area contributed by atoms with Crippen molar-refractivity contribution in [1.29, 1.82) is 0 Å². The van der Waals surface area contributed by atoms with E-state index in [0.717, 1.165) is 13.0 Å². The quantitative estimate of drug-likeness (QED) is 0.862. The molecule has 116 valence electrons. The zero-order valence-electron chi connectivity index (χ0n) is 11.0. The summed E-state index contributed by atoms with van der Waals surface area (Å²) in [5, 5.41) is 5.59. The Morgan fingerprint density at radius 1 is 1.43 bits per heavy atom. The topological polar surface area (TPSA) is 50.4 Å². The van der Waals surface area contributed by atoms with Crippen molar-refractivity contribution in [3.8, 4) is 5.75 Å². The SMILES string of the molecule is O=C(Nc1ccc(Br)cc1OC(F)(F)F)[C@H]1CCCNC1. The maximum atomic E-state index is 12.4. The third-order valence-corrected chi connectivity index (χ3v) is 3.59. The number of halogens is 4. The average molecular weight is 367 g/mol. The summed E-state index contributed by atoms with van der Waals surface area (Å²) in [4.78, 5) is 12.1. The molecule has 8 heteroatoms. The van der Waals surface area contributed by atoms with Crippen molar-refractivity contribution in [3.63, 3.8) is 0 Å². The van der Waals surface area contributed by atoms with Crippen molar-refractivity contribution < 1.29 is 22.7 Å². The monoisotopic (exact) mass is 366 g/mol. The summed E-state index contributed by atoms with van der Waals surface area (Å²) in [6.45, 7) is 1.38. The Kier molecular flexibility index (Phi) is 5.10. The number of amides is 1. The first-order valence-electron chi connectivity index (χ1n) is 6.42. The molecule has 1 aromatic rings. The Bertz CT molecular complexity index is 517. The number of carbonyl (C=O) groups is 1. The summed E-state index contributed by atoms with van der Waals surface area (Å²) in [6, 6.07) is 4.08. The second kappa shape index (κ2) is 6.65. The molecule has 1 heterocycles. The molecule has 1 atom stereocenters. The van der Waals surface area contributed by atoms with Crippen molar-refractivity contribution in [3.05, 3.63) is 22.7 Å². The maximum absolute atomic E-state index is 12.4. The molecule has 0 radical (unpaired) electrons. The zero-order chi connectivity index (χ0) is 15.5. The van der Waals surface area contributed by atoms with Gasteiger partial charge in [0.25, 0.3) is 0 Å². The van der Waals surface area contributed by atoms with E-state index >= 15 is 0 Å². The van der Waals surface area contributed by atoms with Gasteiger partial charge in [-0.25, -0.2) is 0 Å². The van der Waals surface area contributed by atoms with Gasteiger partial charge >= 0.3 is 6.36 Å². The summed E-state index contributed by atoms with van der Waals surface area (Å²) < 4.78 is 41.5. The van der Waals surface area contributed by atoms with Crippen molar-refractivity contribution >= 4 is 27.5 Å². The van der Waals surface area contributed by atoms with Crippen LogP contribution in [-0.2, 0) is 4.79 Å². The van der Waals surface area contributed by atoms with Gasteiger partial charge < -0.3 is 15.4 Å². The smallest absolute Gasteiger partial charge is 0.404 e. The first kappa shape index (κ1) is 16.1. The van der Waals surface area contributed by atoms with E-state index in [1.807, 2.05) is 0 Å². The second-order valence-electron chi connectivity index (χ2n) is 4.72. The molecule has 21 heavy (non-hydrogen) atoms. The molecule has 1 aliphatic rings. The molecule has 0 spiro atoms. The summed E-state index contributed by atoms with van der Waals surface area (Å²) >= 11 is 3.08. The molecule has 2 rings (SSSR count). The van der Waals surface area contributed by atoms with Crippen LogP contribution in [-0.4, -0.2) is 25.4 Å². The molecule has 0 aromatic heterocycles. The van der Waals surface area contributed by atoms with E-state index in [0.29, 0.717) is 17.4 Å². The fourth-order valence-corrected chi connectivity index (χ4v) is 2.46. The van der Waals surface area contributed by atoms with Crippen LogP contribution in [0.1, 0.15) is 12.8 Å². The first-order valence-corrected chi connectivity index (χ1v) is 7.21. The van der Waals surface area contributed by atoms with Gasteiger partial charge in [-0.1, -0.05) is 15.9 Å². The molecule has 1 aromatic carbocycles. The maximum Gasteiger partial charge on any atom is 0.573 e. The molecule has 1 amide bonds. The van der Waals surface area contributed by atoms with Crippen molar-refractivity contribution in [2.24, 2.45) is 5.92 Å². The fraction of sp³-hybridized carbons (Fsp3) is 0.462. The number of anilines is 1. The third-order valence-electron chi connectivity index (χ3n) is 3.09. The molecule has 4 nitrogen and oxygen atoms in total. The molecule has 2 N–H and O–H groups in total. The van der Waals surface area contributed by atoms with E-state index in [2.05, 4.69) is 31.3 Å². The number of benzene rings is 1. The van der Waals surface area contributed by atoms with E-state index in [9.17, 15) is 18.0 Å². The van der Waals surface area contributed by atoms with Gasteiger partial charge in [-0.15, -0.1) is 13.2 Å². The zero-order valence-corrected chi connectivity index (χ0v) is 12.6. The third kappa shape index (κ3) is 4.89. The number of carbonyl (C=O) groups excluding carboxylic acids is 1. The van der Waals surface area contributed by atoms with Crippen LogP contribution in [0.15, 0.2) is 22.7 Å². The van der Waals surface area contributed by atoms with Gasteiger partial charge in [0.1, 0.15) is 0 Å². The van der Waals surface area contributed by atoms with E-state index in [1.165, 1.54) is 18.2 Å². The van der Waals surface area contributed by atoms with Crippen LogP contribution in [0, 0.1) is 5.92 Å². The molecular formula is C13H14BrF3N2O2. The summed E-state index contributed by atoms with van der Waals surface area (Å²) in [5.74, 6) is -0.994. The van der Waals surface area contributed by atoms with Gasteiger partial charge in [-0.05, 0) is 37.6 Å². The lowest BCUT2D eigenvalue weighted by Gasteiger charge is -2.22. The van der Waals surface area contributed by atoms with Crippen molar-refractivity contribution in [1.82, 2.24) is 5.32 Å². The van der Waals surface area contributed by atoms with Crippen LogP contribution in [0.5, 0.6) is 5.75 Å². The van der Waals surface area contributed by atoms with E-state index < -0.39 is 12.1 Å². The summed E-state index contributed by atoms with van der Waals surface area (Å²) in [6.07, 6.45) is -3.23. The minimum absolute atomic E-state index is 0.00565. The largest absolute Gasteiger partial charge is 0.573 e. The van der Waals surface area contributed by atoms with Crippen molar-refractivity contribution in [2.45, 2.75) is 19.2 Å². The first-order chi connectivity index (χ1) is 9.85. The van der Waals surface area contributed by atoms with Gasteiger partial charge in [-0.2, -0.15) is 0 Å². The van der Waals surface area contributed by atoms with Gasteiger partial charge in [0.05, 0.1) is 11.6 Å². The highest BCUT2D eigenvalue weighted by Crippen LogP contribution is 2.33. The van der Waals surface area contributed by atoms with Gasteiger partial charge in [0.15, 0.2) is 5.75 Å². The number of alkyl halides is 3. The predicted octanol–water partition coefficient (Wildman–Crippen LogP) is 3.29. The number of hydrogen-bond donors (Lipinski definition) is 2. The fourth-order valence-electron chi connectivity index (χ4n) is 2.12. The van der Waals surface area contributed by atoms with Crippen molar-refractivity contribution in [2.75, 3.05) is 18.4 Å². The van der Waals surface area contributed by atoms with Crippen LogP contribution < -0.4 is 15.4 Å². The standard InChI is InChI=1S/C13H14BrF3N2O2/c14-9-3-4-10(11(6-9)21-13(15,16)17)19-12(20)8-2-1-5-18-7-8/h3-4,6,8,18H,1-2,5,7H2,(H,19,20)/t8-/m0/s1. The number of nitrogens with one attached hydrogen (secondary N) is 2. The minimum atomic E-state index is -4.81. The van der Waals surface area contributed by atoms with Crippen LogP contribution >= 0.6 is 15.9 Å². The molecule has 1 aliphatic heterocycles. The molecule has 0 saturated carbocycles. The molecule has 1 fully saturated rings. The van der Waals surface area contributed by atoms with E-state index in [1.54, 1.807) is 0 Å². The van der Waals surface area contributed by atoms with E-state index in [-0.39, 0.29) is 17.5 Å². The van der Waals surface area contributed by atoms with Gasteiger partial charge in [0.2, 0.25) is 5.91 Å². The Labute approximate surface area is 128 Å². The lowest BCUT2D eigenvalue weighted by molar-refractivity contribution is -0.274. The Morgan fingerprint density at radius 3 is 2.81 bits per heavy atom. The highest BCUT2D eigenvalue weighted by atomic mass is 79.9. The lowest BCUT2D eigenvalue weighted by Crippen LogP contribution is -2.37. The highest BCUT2D eigenvalue weighted by molar-refractivity contribution is 9.10. The Balaban J connectivity index is 2.13. The molecule has 0 unspecified atom stereocenters. The predicted molar refractivity (Wildman–Crippen MR) is 75.0 cm³/mol. The Hall–Kier alpha value is -1.28.